The zero-order chi connectivity index (χ0) is 13.0. The molecule has 18 heavy (non-hydrogen) atoms. The molecule has 0 atom stereocenters. The number of nitrogens with two attached hydrogens (primary N) is 1. The molecular weight excluding hydrogens is 227 g/mol. The maximum Gasteiger partial charge on any atom is 0.127 e. The minimum Gasteiger partial charge on any atom is -0.326 e. The molecule has 3 heteroatoms. The molecule has 1 saturated carbocycles. The van der Waals surface area contributed by atoms with Crippen LogP contribution < -0.4 is 5.73 Å². The number of hydrogen-bond acceptors (Lipinski definition) is 2. The van der Waals surface area contributed by atoms with Crippen LogP contribution in [0.3, 0.4) is 0 Å². The highest BCUT2D eigenvalue weighted by molar-refractivity contribution is 5.25. The van der Waals surface area contributed by atoms with E-state index in [1.54, 1.807) is 12.1 Å². The van der Waals surface area contributed by atoms with E-state index in [2.05, 4.69) is 11.8 Å². The van der Waals surface area contributed by atoms with Gasteiger partial charge in [-0.3, -0.25) is 4.90 Å². The lowest BCUT2D eigenvalue weighted by molar-refractivity contribution is 0.251. The smallest absolute Gasteiger partial charge is 0.127 e. The molecule has 0 saturated heterocycles. The fourth-order valence-corrected chi connectivity index (χ4v) is 2.33. The number of rotatable bonds is 7. The summed E-state index contributed by atoms with van der Waals surface area (Å²) in [7, 11) is 0. The second kappa shape index (κ2) is 6.30. The van der Waals surface area contributed by atoms with Crippen LogP contribution >= 0.6 is 0 Å². The molecule has 1 aliphatic carbocycles. The molecule has 0 aromatic heterocycles. The fourth-order valence-electron chi connectivity index (χ4n) is 2.33. The maximum atomic E-state index is 13.8. The Kier molecular flexibility index (Phi) is 4.72. The van der Waals surface area contributed by atoms with Gasteiger partial charge in [0.25, 0.3) is 0 Å². The Morgan fingerprint density at radius 2 is 2.17 bits per heavy atom. The molecule has 1 aromatic rings. The molecule has 100 valence electrons. The van der Waals surface area contributed by atoms with Gasteiger partial charge in [0.15, 0.2) is 0 Å². The van der Waals surface area contributed by atoms with Crippen LogP contribution in [-0.4, -0.2) is 18.0 Å². The summed E-state index contributed by atoms with van der Waals surface area (Å²) in [5, 5.41) is 0. The highest BCUT2D eigenvalue weighted by Crippen LogP contribution is 2.30. The lowest BCUT2D eigenvalue weighted by atomic mass is 10.1. The molecule has 2 nitrogen and oxygen atoms in total. The lowest BCUT2D eigenvalue weighted by Crippen LogP contribution is -2.27. The van der Waals surface area contributed by atoms with E-state index in [0.29, 0.717) is 13.1 Å². The fraction of sp³-hybridized carbons (Fsp3) is 0.600. The maximum absolute atomic E-state index is 13.8. The molecular formula is C15H23FN2. The minimum atomic E-state index is -0.107. The van der Waals surface area contributed by atoms with Gasteiger partial charge in [-0.1, -0.05) is 19.1 Å². The zero-order valence-corrected chi connectivity index (χ0v) is 11.2. The van der Waals surface area contributed by atoms with Crippen molar-refractivity contribution in [2.45, 2.75) is 39.3 Å². The van der Waals surface area contributed by atoms with E-state index in [-0.39, 0.29) is 5.82 Å². The van der Waals surface area contributed by atoms with Crippen LogP contribution in [0.4, 0.5) is 4.39 Å². The van der Waals surface area contributed by atoms with Crippen LogP contribution in [0.5, 0.6) is 0 Å². The number of hydrogen-bond donors (Lipinski definition) is 1. The molecule has 2 rings (SSSR count). The number of halogens is 1. The average Bonchev–Trinajstić information content (AvgIpc) is 3.16. The van der Waals surface area contributed by atoms with Crippen LogP contribution in [0.25, 0.3) is 0 Å². The first-order valence-electron chi connectivity index (χ1n) is 6.92. The molecule has 0 spiro atoms. The normalized spacial score (nSPS) is 15.3. The van der Waals surface area contributed by atoms with Crippen molar-refractivity contribution in [2.24, 2.45) is 11.7 Å². The number of nitrogens with zero attached hydrogens (tertiary/aromatic N) is 1. The quantitative estimate of drug-likeness (QED) is 0.806. The standard InChI is InChI=1S/C15H23FN2/c1-2-7-18(10-12-3-4-12)11-14-8-13(9-17)5-6-15(14)16/h5-6,8,12H,2-4,7,9-11,17H2,1H3. The van der Waals surface area contributed by atoms with Gasteiger partial charge in [-0.05, 0) is 43.4 Å². The van der Waals surface area contributed by atoms with Gasteiger partial charge in [0, 0.05) is 25.2 Å². The molecule has 0 radical (unpaired) electrons. The van der Waals surface area contributed by atoms with E-state index in [9.17, 15) is 4.39 Å². The molecule has 0 heterocycles. The van der Waals surface area contributed by atoms with Crippen LogP contribution in [-0.2, 0) is 13.1 Å². The van der Waals surface area contributed by atoms with Crippen molar-refractivity contribution in [3.05, 3.63) is 35.1 Å². The van der Waals surface area contributed by atoms with Crippen LogP contribution in [0, 0.1) is 11.7 Å². The third-order valence-electron chi connectivity index (χ3n) is 3.49. The summed E-state index contributed by atoms with van der Waals surface area (Å²) < 4.78 is 13.8. The van der Waals surface area contributed by atoms with Crippen LogP contribution in [0.15, 0.2) is 18.2 Å². The van der Waals surface area contributed by atoms with Crippen molar-refractivity contribution in [3.8, 4) is 0 Å². The van der Waals surface area contributed by atoms with E-state index >= 15 is 0 Å². The third kappa shape index (κ3) is 3.79. The molecule has 1 fully saturated rings. The van der Waals surface area contributed by atoms with Crippen molar-refractivity contribution in [2.75, 3.05) is 13.1 Å². The van der Waals surface area contributed by atoms with E-state index in [1.807, 2.05) is 6.07 Å². The topological polar surface area (TPSA) is 29.3 Å². The Labute approximate surface area is 109 Å². The van der Waals surface area contributed by atoms with E-state index < -0.39 is 0 Å². The lowest BCUT2D eigenvalue weighted by Gasteiger charge is -2.22. The zero-order valence-electron chi connectivity index (χ0n) is 11.2. The summed E-state index contributed by atoms with van der Waals surface area (Å²) in [5.41, 5.74) is 7.41. The molecule has 1 aliphatic rings. The Bertz CT molecular complexity index is 388. The molecule has 2 N–H and O–H groups in total. The summed E-state index contributed by atoms with van der Waals surface area (Å²) in [6.07, 6.45) is 3.79. The summed E-state index contributed by atoms with van der Waals surface area (Å²) in [6.45, 7) is 5.52. The molecule has 0 bridgehead atoms. The Hall–Kier alpha value is -0.930. The summed E-state index contributed by atoms with van der Waals surface area (Å²) >= 11 is 0. The highest BCUT2D eigenvalue weighted by Gasteiger charge is 2.24. The summed E-state index contributed by atoms with van der Waals surface area (Å²) in [5.74, 6) is 0.737. The van der Waals surface area contributed by atoms with Gasteiger partial charge in [-0.25, -0.2) is 4.39 Å². The predicted molar refractivity (Wildman–Crippen MR) is 72.6 cm³/mol. The van der Waals surface area contributed by atoms with Crippen molar-refractivity contribution < 1.29 is 4.39 Å². The Balaban J connectivity index is 2.03. The minimum absolute atomic E-state index is 0.107. The SMILES string of the molecule is CCCN(Cc1cc(CN)ccc1F)CC1CC1. The second-order valence-corrected chi connectivity index (χ2v) is 5.31. The van der Waals surface area contributed by atoms with Crippen molar-refractivity contribution in [3.63, 3.8) is 0 Å². The first-order chi connectivity index (χ1) is 8.72. The predicted octanol–water partition coefficient (Wildman–Crippen LogP) is 2.91. The first-order valence-corrected chi connectivity index (χ1v) is 6.92. The van der Waals surface area contributed by atoms with Gasteiger partial charge in [-0.2, -0.15) is 0 Å². The Morgan fingerprint density at radius 3 is 2.78 bits per heavy atom. The average molecular weight is 250 g/mol. The number of benzene rings is 1. The van der Waals surface area contributed by atoms with Gasteiger partial charge in [0.1, 0.15) is 5.82 Å². The van der Waals surface area contributed by atoms with Crippen molar-refractivity contribution in [1.29, 1.82) is 0 Å². The molecule has 1 aromatic carbocycles. The molecule has 0 amide bonds. The van der Waals surface area contributed by atoms with Gasteiger partial charge in [0.2, 0.25) is 0 Å². The Morgan fingerprint density at radius 1 is 1.39 bits per heavy atom. The highest BCUT2D eigenvalue weighted by atomic mass is 19.1. The van der Waals surface area contributed by atoms with Crippen molar-refractivity contribution >= 4 is 0 Å². The van der Waals surface area contributed by atoms with Gasteiger partial charge < -0.3 is 5.73 Å². The van der Waals surface area contributed by atoms with E-state index in [4.69, 9.17) is 5.73 Å². The summed E-state index contributed by atoms with van der Waals surface area (Å²) in [6, 6.07) is 5.22. The summed E-state index contributed by atoms with van der Waals surface area (Å²) in [4.78, 5) is 2.37. The van der Waals surface area contributed by atoms with E-state index in [1.165, 1.54) is 12.8 Å². The molecule has 0 unspecified atom stereocenters. The second-order valence-electron chi connectivity index (χ2n) is 5.31. The largest absolute Gasteiger partial charge is 0.326 e. The monoisotopic (exact) mass is 250 g/mol. The van der Waals surface area contributed by atoms with Gasteiger partial charge in [0.05, 0.1) is 0 Å². The first kappa shape index (κ1) is 13.5. The van der Waals surface area contributed by atoms with Crippen molar-refractivity contribution in [1.82, 2.24) is 4.90 Å². The van der Waals surface area contributed by atoms with Crippen LogP contribution in [0.1, 0.15) is 37.3 Å². The van der Waals surface area contributed by atoms with Gasteiger partial charge in [-0.15, -0.1) is 0 Å². The van der Waals surface area contributed by atoms with E-state index in [0.717, 1.165) is 36.6 Å². The third-order valence-corrected chi connectivity index (χ3v) is 3.49. The molecule has 0 aliphatic heterocycles. The van der Waals surface area contributed by atoms with Gasteiger partial charge >= 0.3 is 0 Å². The van der Waals surface area contributed by atoms with Crippen LogP contribution in [0.2, 0.25) is 0 Å².